The van der Waals surface area contributed by atoms with E-state index in [1.165, 1.54) is 18.2 Å². The number of hydrogen-bond acceptors (Lipinski definition) is 6. The van der Waals surface area contributed by atoms with Crippen molar-refractivity contribution >= 4 is 5.91 Å². The van der Waals surface area contributed by atoms with Gasteiger partial charge >= 0.3 is 5.69 Å². The first-order valence-electron chi connectivity index (χ1n) is 10.7. The number of rotatable bonds is 5. The standard InChI is InChI=1S/C24H22FN3O5/c25-20-4-2-16(23(26)29)10-19(20)14-1-3-18-15(9-14)5-6-28-21(18)11-22(27-24(28)30)33-13-17-12-31-7-8-32-17/h1-4,9-11,17H,5-8,12-13H2,(H2,26,29). The number of amides is 1. The highest BCUT2D eigenvalue weighted by atomic mass is 19.1. The highest BCUT2D eigenvalue weighted by molar-refractivity contribution is 5.94. The molecule has 8 nitrogen and oxygen atoms in total. The largest absolute Gasteiger partial charge is 0.475 e. The Morgan fingerprint density at radius 3 is 2.85 bits per heavy atom. The molecule has 1 saturated heterocycles. The van der Waals surface area contributed by atoms with Gasteiger partial charge in [0.15, 0.2) is 0 Å². The molecular formula is C24H22FN3O5. The number of nitrogens with two attached hydrogens (primary N) is 1. The van der Waals surface area contributed by atoms with Gasteiger partial charge in [0, 0.05) is 29.3 Å². The van der Waals surface area contributed by atoms with Crippen molar-refractivity contribution in [3.63, 3.8) is 0 Å². The lowest BCUT2D eigenvalue weighted by molar-refractivity contribution is -0.102. The van der Waals surface area contributed by atoms with E-state index in [-0.39, 0.29) is 24.2 Å². The Bertz CT molecular complexity index is 1280. The lowest BCUT2D eigenvalue weighted by Crippen LogP contribution is -2.34. The third kappa shape index (κ3) is 4.24. The van der Waals surface area contributed by atoms with Crippen LogP contribution in [-0.2, 0) is 22.4 Å². The Morgan fingerprint density at radius 1 is 1.18 bits per heavy atom. The summed E-state index contributed by atoms with van der Waals surface area (Å²) in [7, 11) is 0. The van der Waals surface area contributed by atoms with Gasteiger partial charge in [-0.05, 0) is 35.7 Å². The van der Waals surface area contributed by atoms with E-state index in [4.69, 9.17) is 19.9 Å². The van der Waals surface area contributed by atoms with Gasteiger partial charge in [0.05, 0.1) is 25.5 Å². The van der Waals surface area contributed by atoms with Gasteiger partial charge in [-0.3, -0.25) is 9.36 Å². The van der Waals surface area contributed by atoms with Gasteiger partial charge in [0.1, 0.15) is 18.5 Å². The second kappa shape index (κ2) is 8.76. The van der Waals surface area contributed by atoms with Crippen molar-refractivity contribution in [3.05, 3.63) is 69.9 Å². The molecule has 2 N–H and O–H groups in total. The quantitative estimate of drug-likeness (QED) is 0.637. The molecule has 9 heteroatoms. The summed E-state index contributed by atoms with van der Waals surface area (Å²) in [6.07, 6.45) is 0.378. The van der Waals surface area contributed by atoms with Gasteiger partial charge in [-0.1, -0.05) is 18.2 Å². The number of aromatic nitrogens is 2. The van der Waals surface area contributed by atoms with E-state index in [1.807, 2.05) is 12.1 Å². The predicted molar refractivity (Wildman–Crippen MR) is 118 cm³/mol. The van der Waals surface area contributed by atoms with E-state index in [9.17, 15) is 14.0 Å². The number of fused-ring (bicyclic) bond motifs is 3. The number of ether oxygens (including phenoxy) is 3. The molecule has 1 fully saturated rings. The molecule has 2 aliphatic heterocycles. The molecule has 0 spiro atoms. The van der Waals surface area contributed by atoms with E-state index in [0.29, 0.717) is 49.6 Å². The fraction of sp³-hybridized carbons (Fsp3) is 0.292. The molecule has 2 aromatic carbocycles. The minimum atomic E-state index is -0.618. The number of primary amides is 1. The second-order valence-corrected chi connectivity index (χ2v) is 7.97. The molecule has 0 radical (unpaired) electrons. The first-order valence-corrected chi connectivity index (χ1v) is 10.7. The van der Waals surface area contributed by atoms with E-state index >= 15 is 0 Å². The zero-order valence-corrected chi connectivity index (χ0v) is 17.8. The molecule has 33 heavy (non-hydrogen) atoms. The molecule has 1 unspecified atom stereocenters. The van der Waals surface area contributed by atoms with Crippen LogP contribution in [0.15, 0.2) is 47.3 Å². The van der Waals surface area contributed by atoms with Gasteiger partial charge in [-0.2, -0.15) is 4.98 Å². The average molecular weight is 451 g/mol. The molecule has 0 aliphatic carbocycles. The predicted octanol–water partition coefficient (Wildman–Crippen LogP) is 2.17. The number of halogens is 1. The van der Waals surface area contributed by atoms with Crippen LogP contribution in [0.25, 0.3) is 22.4 Å². The maximum absolute atomic E-state index is 14.5. The summed E-state index contributed by atoms with van der Waals surface area (Å²) in [5, 5.41) is 0. The van der Waals surface area contributed by atoms with Crippen LogP contribution in [0.4, 0.5) is 4.39 Å². The molecule has 2 aliphatic rings. The first-order chi connectivity index (χ1) is 16.0. The van der Waals surface area contributed by atoms with Crippen LogP contribution in [-0.4, -0.2) is 48.0 Å². The summed E-state index contributed by atoms with van der Waals surface area (Å²) < 4.78 is 32.8. The average Bonchev–Trinajstić information content (AvgIpc) is 2.83. The molecular weight excluding hydrogens is 429 g/mol. The van der Waals surface area contributed by atoms with Gasteiger partial charge in [-0.25, -0.2) is 9.18 Å². The van der Waals surface area contributed by atoms with Gasteiger partial charge < -0.3 is 19.9 Å². The third-order valence-electron chi connectivity index (χ3n) is 5.84. The Labute approximate surface area is 188 Å². The molecule has 0 saturated carbocycles. The maximum Gasteiger partial charge on any atom is 0.351 e. The van der Waals surface area contributed by atoms with Crippen molar-refractivity contribution in [1.82, 2.24) is 9.55 Å². The summed E-state index contributed by atoms with van der Waals surface area (Å²) in [6.45, 7) is 2.18. The monoisotopic (exact) mass is 451 g/mol. The smallest absolute Gasteiger partial charge is 0.351 e. The summed E-state index contributed by atoms with van der Waals surface area (Å²) >= 11 is 0. The van der Waals surface area contributed by atoms with Crippen LogP contribution in [0, 0.1) is 5.82 Å². The van der Waals surface area contributed by atoms with Gasteiger partial charge in [0.2, 0.25) is 11.8 Å². The number of hydrogen-bond donors (Lipinski definition) is 1. The summed E-state index contributed by atoms with van der Waals surface area (Å²) in [6, 6.07) is 11.3. The van der Waals surface area contributed by atoms with E-state index < -0.39 is 17.4 Å². The molecule has 1 atom stereocenters. The van der Waals surface area contributed by atoms with Crippen LogP contribution in [0.1, 0.15) is 15.9 Å². The van der Waals surface area contributed by atoms with Gasteiger partial charge in [0.25, 0.3) is 0 Å². The zero-order valence-electron chi connectivity index (χ0n) is 17.8. The van der Waals surface area contributed by atoms with Crippen molar-refractivity contribution < 1.29 is 23.4 Å². The van der Waals surface area contributed by atoms with E-state index in [0.717, 1.165) is 11.1 Å². The van der Waals surface area contributed by atoms with Crippen molar-refractivity contribution in [2.45, 2.75) is 19.1 Å². The molecule has 1 aromatic heterocycles. The van der Waals surface area contributed by atoms with Crippen LogP contribution in [0.2, 0.25) is 0 Å². The van der Waals surface area contributed by atoms with Crippen LogP contribution in [0.5, 0.6) is 5.88 Å². The molecule has 5 rings (SSSR count). The number of nitrogens with zero attached hydrogens (tertiary/aromatic N) is 2. The Kier molecular flexibility index (Phi) is 5.65. The Hall–Kier alpha value is -3.56. The van der Waals surface area contributed by atoms with Crippen molar-refractivity contribution in [2.75, 3.05) is 26.4 Å². The normalized spacial score (nSPS) is 17.2. The number of carbonyl (C=O) groups excluding carboxylic acids is 1. The van der Waals surface area contributed by atoms with Crippen molar-refractivity contribution in [2.24, 2.45) is 5.73 Å². The molecule has 0 bridgehead atoms. The maximum atomic E-state index is 14.5. The molecule has 1 amide bonds. The van der Waals surface area contributed by atoms with E-state index in [1.54, 1.807) is 16.7 Å². The molecule has 3 heterocycles. The van der Waals surface area contributed by atoms with Crippen LogP contribution in [0.3, 0.4) is 0 Å². The lowest BCUT2D eigenvalue weighted by atomic mass is 9.92. The van der Waals surface area contributed by atoms with E-state index in [2.05, 4.69) is 4.98 Å². The van der Waals surface area contributed by atoms with Crippen LogP contribution < -0.4 is 16.2 Å². The highest BCUT2D eigenvalue weighted by Gasteiger charge is 2.22. The number of aryl methyl sites for hydroxylation is 1. The van der Waals surface area contributed by atoms with Crippen LogP contribution >= 0.6 is 0 Å². The minimum absolute atomic E-state index is 0.208. The molecule has 170 valence electrons. The summed E-state index contributed by atoms with van der Waals surface area (Å²) in [5.74, 6) is -0.841. The molecule has 3 aromatic rings. The fourth-order valence-electron chi connectivity index (χ4n) is 4.16. The Balaban J connectivity index is 1.47. The highest BCUT2D eigenvalue weighted by Crippen LogP contribution is 2.34. The first kappa shape index (κ1) is 21.3. The second-order valence-electron chi connectivity index (χ2n) is 7.97. The SMILES string of the molecule is NC(=O)c1ccc(F)c(-c2ccc3c(c2)CCn2c-3cc(OCC3COCCO3)nc2=O)c1. The van der Waals surface area contributed by atoms with Crippen molar-refractivity contribution in [3.8, 4) is 28.3 Å². The Morgan fingerprint density at radius 2 is 2.06 bits per heavy atom. The summed E-state index contributed by atoms with van der Waals surface area (Å²) in [4.78, 5) is 28.2. The van der Waals surface area contributed by atoms with Gasteiger partial charge in [-0.15, -0.1) is 0 Å². The number of carbonyl (C=O) groups is 1. The third-order valence-corrected chi connectivity index (χ3v) is 5.84. The minimum Gasteiger partial charge on any atom is -0.475 e. The fourth-order valence-corrected chi connectivity index (χ4v) is 4.16. The zero-order chi connectivity index (χ0) is 22.9. The summed E-state index contributed by atoms with van der Waals surface area (Å²) in [5.41, 5.74) is 8.61. The van der Waals surface area contributed by atoms with Crippen molar-refractivity contribution in [1.29, 1.82) is 0 Å². The lowest BCUT2D eigenvalue weighted by Gasteiger charge is -2.24. The number of benzene rings is 2. The topological polar surface area (TPSA) is 106 Å².